The van der Waals surface area contributed by atoms with Gasteiger partial charge in [-0.05, 0) is 65.6 Å². The van der Waals surface area contributed by atoms with Crippen molar-refractivity contribution in [3.05, 3.63) is 39.2 Å². The number of hydrogen-bond acceptors (Lipinski definition) is 5. The summed E-state index contributed by atoms with van der Waals surface area (Å²) in [6, 6.07) is 8.16. The van der Waals surface area contributed by atoms with Gasteiger partial charge in [0.2, 0.25) is 0 Å². The van der Waals surface area contributed by atoms with E-state index in [1.807, 2.05) is 35.8 Å². The van der Waals surface area contributed by atoms with Gasteiger partial charge in [0, 0.05) is 9.35 Å². The monoisotopic (exact) mass is 405 g/mol. The summed E-state index contributed by atoms with van der Waals surface area (Å²) in [5, 5.41) is 5.57. The van der Waals surface area contributed by atoms with Gasteiger partial charge in [-0.1, -0.05) is 23.9 Å². The van der Waals surface area contributed by atoms with E-state index in [2.05, 4.69) is 27.3 Å². The number of nitrogens with one attached hydrogen (secondary N) is 1. The van der Waals surface area contributed by atoms with E-state index in [0.29, 0.717) is 0 Å². The van der Waals surface area contributed by atoms with Gasteiger partial charge in [-0.25, -0.2) is 9.97 Å². The van der Waals surface area contributed by atoms with Gasteiger partial charge in [-0.2, -0.15) is 0 Å². The third-order valence-corrected chi connectivity index (χ3v) is 6.53. The van der Waals surface area contributed by atoms with Crippen LogP contribution in [-0.2, 0) is 12.8 Å². The molecule has 0 atom stereocenters. The quantitative estimate of drug-likeness (QED) is 0.441. The number of nitrogens with zero attached hydrogens (tertiary/aromatic N) is 2. The smallest absolute Gasteiger partial charge is 0.190 e. The number of hydrogen-bond donors (Lipinski definition) is 1. The van der Waals surface area contributed by atoms with Gasteiger partial charge in [-0.15, -0.1) is 11.3 Å². The fraction of sp³-hybridized carbons (Fsp3) is 0.294. The van der Waals surface area contributed by atoms with Crippen molar-refractivity contribution in [1.29, 1.82) is 0 Å². The fourth-order valence-electron chi connectivity index (χ4n) is 3.01. The van der Waals surface area contributed by atoms with E-state index in [4.69, 9.17) is 9.97 Å². The summed E-state index contributed by atoms with van der Waals surface area (Å²) in [5.41, 5.74) is 2.49. The summed E-state index contributed by atoms with van der Waals surface area (Å²) in [6.45, 7) is 0. The second-order valence-corrected chi connectivity index (χ2v) is 8.27. The lowest BCUT2D eigenvalue weighted by molar-refractivity contribution is 0.700. The Morgan fingerprint density at radius 1 is 1.17 bits per heavy atom. The lowest BCUT2D eigenvalue weighted by Crippen LogP contribution is -2.02. The standard InChI is InChI=1S/C17H16BrN3S2/c1-22-17-20-15(19-12-8-4-3-7-11(12)18)14-10-6-2-5-9-13(10)23-16(14)21-17/h3-4,7-8H,2,5-6,9H2,1H3,(H,19,20,21). The molecular weight excluding hydrogens is 390 g/mol. The molecule has 0 amide bonds. The van der Waals surface area contributed by atoms with Crippen molar-refractivity contribution in [3.8, 4) is 0 Å². The van der Waals surface area contributed by atoms with Gasteiger partial charge in [0.25, 0.3) is 0 Å². The predicted octanol–water partition coefficient (Wildman–Crippen LogP) is 5.80. The molecule has 0 bridgehead atoms. The third-order valence-electron chi connectivity index (χ3n) is 4.10. The molecule has 118 valence electrons. The molecule has 4 rings (SSSR count). The summed E-state index contributed by atoms with van der Waals surface area (Å²) in [4.78, 5) is 12.1. The Balaban J connectivity index is 1.89. The highest BCUT2D eigenvalue weighted by molar-refractivity contribution is 9.10. The van der Waals surface area contributed by atoms with Gasteiger partial charge in [-0.3, -0.25) is 0 Å². The summed E-state index contributed by atoms with van der Waals surface area (Å²) < 4.78 is 1.04. The Hall–Kier alpha value is -1.11. The van der Waals surface area contributed by atoms with Crippen LogP contribution >= 0.6 is 39.0 Å². The first-order valence-electron chi connectivity index (χ1n) is 7.64. The molecule has 0 fully saturated rings. The number of anilines is 2. The second-order valence-electron chi connectivity index (χ2n) is 5.55. The van der Waals surface area contributed by atoms with Crippen LogP contribution in [0.15, 0.2) is 33.9 Å². The number of fused-ring (bicyclic) bond motifs is 3. The molecule has 2 aromatic heterocycles. The van der Waals surface area contributed by atoms with E-state index in [-0.39, 0.29) is 0 Å². The Morgan fingerprint density at radius 3 is 2.83 bits per heavy atom. The summed E-state index contributed by atoms with van der Waals surface area (Å²) in [6.07, 6.45) is 6.89. The van der Waals surface area contributed by atoms with Crippen LogP contribution in [-0.4, -0.2) is 16.2 Å². The fourth-order valence-corrected chi connectivity index (χ4v) is 5.08. The van der Waals surface area contributed by atoms with Crippen LogP contribution in [0, 0.1) is 0 Å². The molecular formula is C17H16BrN3S2. The van der Waals surface area contributed by atoms with Gasteiger partial charge in [0.1, 0.15) is 10.6 Å². The van der Waals surface area contributed by atoms with Crippen molar-refractivity contribution in [3.63, 3.8) is 0 Å². The van der Waals surface area contributed by atoms with Crippen LogP contribution in [0.5, 0.6) is 0 Å². The highest BCUT2D eigenvalue weighted by Gasteiger charge is 2.21. The molecule has 0 spiro atoms. The Labute approximate surface area is 152 Å². The summed E-state index contributed by atoms with van der Waals surface area (Å²) >= 11 is 7.04. The minimum atomic E-state index is 0.825. The Bertz CT molecular complexity index is 876. The number of thiophene rings is 1. The molecule has 1 N–H and O–H groups in total. The molecule has 23 heavy (non-hydrogen) atoms. The number of aromatic nitrogens is 2. The van der Waals surface area contributed by atoms with E-state index < -0.39 is 0 Å². The molecule has 1 aromatic carbocycles. The maximum atomic E-state index is 4.76. The molecule has 3 nitrogen and oxygen atoms in total. The molecule has 1 aliphatic rings. The molecule has 1 aliphatic carbocycles. The highest BCUT2D eigenvalue weighted by atomic mass is 79.9. The molecule has 2 heterocycles. The molecule has 0 saturated carbocycles. The normalized spacial score (nSPS) is 14.0. The van der Waals surface area contributed by atoms with E-state index >= 15 is 0 Å². The maximum Gasteiger partial charge on any atom is 0.190 e. The van der Waals surface area contributed by atoms with Gasteiger partial charge < -0.3 is 5.32 Å². The van der Waals surface area contributed by atoms with Crippen LogP contribution < -0.4 is 5.32 Å². The number of benzene rings is 1. The van der Waals surface area contributed by atoms with E-state index in [9.17, 15) is 0 Å². The molecule has 3 aromatic rings. The molecule has 0 unspecified atom stereocenters. The number of para-hydroxylation sites is 1. The van der Waals surface area contributed by atoms with Crippen LogP contribution in [0.2, 0.25) is 0 Å². The summed E-state index contributed by atoms with van der Waals surface area (Å²) in [5.74, 6) is 0.936. The van der Waals surface area contributed by atoms with E-state index in [1.165, 1.54) is 35.1 Å². The average Bonchev–Trinajstić information content (AvgIpc) is 2.95. The zero-order valence-corrected chi connectivity index (χ0v) is 15.9. The van der Waals surface area contributed by atoms with Crippen LogP contribution in [0.4, 0.5) is 11.5 Å². The molecule has 0 saturated heterocycles. The number of thioether (sulfide) groups is 1. The maximum absolute atomic E-state index is 4.76. The molecule has 0 aliphatic heterocycles. The lowest BCUT2D eigenvalue weighted by Gasteiger charge is -2.13. The molecule has 6 heteroatoms. The van der Waals surface area contributed by atoms with E-state index in [1.54, 1.807) is 11.8 Å². The zero-order chi connectivity index (χ0) is 15.8. The van der Waals surface area contributed by atoms with Crippen molar-refractivity contribution in [2.24, 2.45) is 0 Å². The Kier molecular flexibility index (Phi) is 4.30. The topological polar surface area (TPSA) is 37.8 Å². The second kappa shape index (κ2) is 6.42. The van der Waals surface area contributed by atoms with Crippen molar-refractivity contribution < 1.29 is 0 Å². The van der Waals surface area contributed by atoms with Crippen LogP contribution in [0.25, 0.3) is 10.2 Å². The summed E-state index contributed by atoms with van der Waals surface area (Å²) in [7, 11) is 0. The van der Waals surface area contributed by atoms with Crippen molar-refractivity contribution >= 4 is 60.8 Å². The lowest BCUT2D eigenvalue weighted by atomic mass is 9.97. The minimum Gasteiger partial charge on any atom is -0.339 e. The zero-order valence-electron chi connectivity index (χ0n) is 12.7. The first-order valence-corrected chi connectivity index (χ1v) is 10.5. The predicted molar refractivity (Wildman–Crippen MR) is 103 cm³/mol. The first-order chi connectivity index (χ1) is 11.3. The van der Waals surface area contributed by atoms with Gasteiger partial charge >= 0.3 is 0 Å². The highest BCUT2D eigenvalue weighted by Crippen LogP contribution is 2.40. The Morgan fingerprint density at radius 2 is 2.00 bits per heavy atom. The SMILES string of the molecule is CSc1nc(Nc2ccccc2Br)c2c3c(sc2n1)CCCC3. The average molecular weight is 406 g/mol. The first kappa shape index (κ1) is 15.4. The third kappa shape index (κ3) is 2.88. The largest absolute Gasteiger partial charge is 0.339 e. The van der Waals surface area contributed by atoms with Gasteiger partial charge in [0.05, 0.1) is 11.1 Å². The van der Waals surface area contributed by atoms with Gasteiger partial charge in [0.15, 0.2) is 5.16 Å². The number of rotatable bonds is 3. The van der Waals surface area contributed by atoms with Crippen LogP contribution in [0.3, 0.4) is 0 Å². The molecule has 0 radical (unpaired) electrons. The van der Waals surface area contributed by atoms with Crippen LogP contribution in [0.1, 0.15) is 23.3 Å². The van der Waals surface area contributed by atoms with Crippen molar-refractivity contribution in [2.45, 2.75) is 30.8 Å². The minimum absolute atomic E-state index is 0.825. The number of halogens is 1. The number of aryl methyl sites for hydroxylation is 2. The van der Waals surface area contributed by atoms with Crippen molar-refractivity contribution in [1.82, 2.24) is 9.97 Å². The van der Waals surface area contributed by atoms with E-state index in [0.717, 1.165) is 32.4 Å². The van der Waals surface area contributed by atoms with Crippen molar-refractivity contribution in [2.75, 3.05) is 11.6 Å².